The van der Waals surface area contributed by atoms with E-state index in [4.69, 9.17) is 10.5 Å². The fraction of sp³-hybridized carbons (Fsp3) is 0.500. The van der Waals surface area contributed by atoms with E-state index in [-0.39, 0.29) is 18.1 Å². The van der Waals surface area contributed by atoms with Crippen molar-refractivity contribution in [3.63, 3.8) is 0 Å². The van der Waals surface area contributed by atoms with E-state index in [1.165, 1.54) is 24.3 Å². The highest BCUT2D eigenvalue weighted by atomic mass is 16.6. The summed E-state index contributed by atoms with van der Waals surface area (Å²) in [6, 6.07) is 0. The van der Waals surface area contributed by atoms with Gasteiger partial charge in [-0.15, -0.1) is 0 Å². The molecule has 4 atom stereocenters. The molecule has 0 radical (unpaired) electrons. The molecule has 0 aliphatic carbocycles. The summed E-state index contributed by atoms with van der Waals surface area (Å²) in [7, 11) is 1.49. The molecule has 2 aromatic rings. The zero-order chi connectivity index (χ0) is 15.9. The topological polar surface area (TPSA) is 148 Å². The lowest BCUT2D eigenvalue weighted by molar-refractivity contribution is -0.125. The van der Waals surface area contributed by atoms with Crippen LogP contribution < -0.4 is 11.1 Å². The lowest BCUT2D eigenvalue weighted by Crippen LogP contribution is -2.34. The third-order valence-electron chi connectivity index (χ3n) is 3.66. The first-order chi connectivity index (χ1) is 10.5. The van der Waals surface area contributed by atoms with Crippen LogP contribution in [0.15, 0.2) is 12.7 Å². The number of fused-ring (bicyclic) bond motifs is 1. The normalized spacial score (nSPS) is 28.1. The minimum atomic E-state index is -1.22. The molecule has 0 saturated carbocycles. The summed E-state index contributed by atoms with van der Waals surface area (Å²) < 4.78 is 7.08. The maximum atomic E-state index is 11.4. The monoisotopic (exact) mass is 308 g/mol. The number of imidazole rings is 1. The zero-order valence-corrected chi connectivity index (χ0v) is 11.7. The molecule has 1 fully saturated rings. The SMILES string of the molecule is CNC(=O)C[C@@H]1O[C@H](n2cnc3c(N)ncnc32)[C@@H](O)[C@H]1O. The number of nitrogens with one attached hydrogen (secondary N) is 1. The Morgan fingerprint density at radius 3 is 2.91 bits per heavy atom. The van der Waals surface area contributed by atoms with Gasteiger partial charge in [-0.2, -0.15) is 0 Å². The molecule has 0 unspecified atom stereocenters. The lowest BCUT2D eigenvalue weighted by Gasteiger charge is -2.16. The molecule has 10 heteroatoms. The van der Waals surface area contributed by atoms with Gasteiger partial charge in [0.1, 0.15) is 24.1 Å². The number of nitrogen functional groups attached to an aromatic ring is 1. The van der Waals surface area contributed by atoms with Crippen LogP contribution in [0, 0.1) is 0 Å². The fourth-order valence-corrected chi connectivity index (χ4v) is 2.47. The molecular weight excluding hydrogens is 292 g/mol. The van der Waals surface area contributed by atoms with Crippen LogP contribution in [0.1, 0.15) is 12.6 Å². The Morgan fingerprint density at radius 2 is 2.18 bits per heavy atom. The van der Waals surface area contributed by atoms with Gasteiger partial charge in [0.25, 0.3) is 0 Å². The van der Waals surface area contributed by atoms with Gasteiger partial charge in [-0.1, -0.05) is 0 Å². The minimum absolute atomic E-state index is 0.0605. The fourth-order valence-electron chi connectivity index (χ4n) is 2.47. The quantitative estimate of drug-likeness (QED) is 0.517. The molecular formula is C12H16N6O4. The van der Waals surface area contributed by atoms with Crippen LogP contribution in [0.5, 0.6) is 0 Å². The van der Waals surface area contributed by atoms with Gasteiger partial charge in [0.05, 0.1) is 18.9 Å². The highest BCUT2D eigenvalue weighted by Gasteiger charge is 2.44. The van der Waals surface area contributed by atoms with Gasteiger partial charge in [-0.05, 0) is 0 Å². The van der Waals surface area contributed by atoms with Crippen molar-refractivity contribution in [2.75, 3.05) is 12.8 Å². The van der Waals surface area contributed by atoms with Crippen LogP contribution >= 0.6 is 0 Å². The number of nitrogens with zero attached hydrogens (tertiary/aromatic N) is 4. The van der Waals surface area contributed by atoms with Gasteiger partial charge in [0.15, 0.2) is 17.7 Å². The van der Waals surface area contributed by atoms with E-state index in [1.807, 2.05) is 0 Å². The number of anilines is 1. The number of nitrogens with two attached hydrogens (primary N) is 1. The number of rotatable bonds is 3. The number of aliphatic hydroxyl groups excluding tert-OH is 2. The van der Waals surface area contributed by atoms with Crippen molar-refractivity contribution in [1.82, 2.24) is 24.8 Å². The number of hydrogen-bond donors (Lipinski definition) is 4. The first-order valence-electron chi connectivity index (χ1n) is 6.68. The molecule has 0 bridgehead atoms. The van der Waals surface area contributed by atoms with E-state index in [0.717, 1.165) is 0 Å². The Kier molecular flexibility index (Phi) is 3.64. The summed E-state index contributed by atoms with van der Waals surface area (Å²) in [4.78, 5) is 23.4. The summed E-state index contributed by atoms with van der Waals surface area (Å²) in [5.41, 5.74) is 6.47. The number of ether oxygens (including phenoxy) is 1. The number of aliphatic hydroxyl groups is 2. The predicted octanol–water partition coefficient (Wildman–Crippen LogP) is -1.84. The van der Waals surface area contributed by atoms with E-state index in [1.54, 1.807) is 0 Å². The van der Waals surface area contributed by atoms with Crippen LogP contribution in [-0.4, -0.2) is 61.0 Å². The summed E-state index contributed by atoms with van der Waals surface area (Å²) in [6.45, 7) is 0. The third-order valence-corrected chi connectivity index (χ3v) is 3.66. The van der Waals surface area contributed by atoms with Gasteiger partial charge < -0.3 is 26.0 Å². The van der Waals surface area contributed by atoms with Gasteiger partial charge in [-0.3, -0.25) is 9.36 Å². The minimum Gasteiger partial charge on any atom is -0.388 e. The van der Waals surface area contributed by atoms with Crippen molar-refractivity contribution < 1.29 is 19.7 Å². The highest BCUT2D eigenvalue weighted by Crippen LogP contribution is 2.33. The standard InChI is InChI=1S/C12H16N6O4/c1-14-6(19)2-5-8(20)9(21)12(22-5)18-4-17-7-10(13)15-3-16-11(7)18/h3-5,8-9,12,20-21H,2H2,1H3,(H,14,19)(H2,13,15,16)/t5-,8-,9-,12-/m0/s1. The maximum Gasteiger partial charge on any atom is 0.222 e. The second-order valence-electron chi connectivity index (χ2n) is 5.01. The molecule has 1 aliphatic rings. The van der Waals surface area contributed by atoms with E-state index < -0.39 is 24.5 Å². The summed E-state index contributed by atoms with van der Waals surface area (Å²) in [5.74, 6) is -0.0855. The highest BCUT2D eigenvalue weighted by molar-refractivity contribution is 5.81. The Morgan fingerprint density at radius 1 is 1.41 bits per heavy atom. The van der Waals surface area contributed by atoms with Crippen LogP contribution in [-0.2, 0) is 9.53 Å². The van der Waals surface area contributed by atoms with Crippen molar-refractivity contribution in [2.24, 2.45) is 0 Å². The maximum absolute atomic E-state index is 11.4. The van der Waals surface area contributed by atoms with Gasteiger partial charge in [0, 0.05) is 7.05 Å². The Balaban J connectivity index is 1.91. The molecule has 22 heavy (non-hydrogen) atoms. The molecule has 0 spiro atoms. The average molecular weight is 308 g/mol. The van der Waals surface area contributed by atoms with Gasteiger partial charge >= 0.3 is 0 Å². The Labute approximate surface area is 124 Å². The van der Waals surface area contributed by atoms with E-state index in [2.05, 4.69) is 20.3 Å². The average Bonchev–Trinajstić information content (AvgIpc) is 3.05. The third kappa shape index (κ3) is 2.26. The molecule has 3 rings (SSSR count). The Bertz CT molecular complexity index is 704. The van der Waals surface area contributed by atoms with Crippen molar-refractivity contribution in [2.45, 2.75) is 31.0 Å². The first kappa shape index (κ1) is 14.6. The predicted molar refractivity (Wildman–Crippen MR) is 74.3 cm³/mol. The summed E-state index contributed by atoms with van der Waals surface area (Å²) >= 11 is 0. The number of amides is 1. The molecule has 5 N–H and O–H groups in total. The largest absolute Gasteiger partial charge is 0.388 e. The summed E-state index contributed by atoms with van der Waals surface area (Å²) in [5, 5.41) is 22.7. The molecule has 1 aliphatic heterocycles. The number of aromatic nitrogens is 4. The van der Waals surface area contributed by atoms with Crippen molar-refractivity contribution in [1.29, 1.82) is 0 Å². The van der Waals surface area contributed by atoms with Crippen molar-refractivity contribution in [3.8, 4) is 0 Å². The second-order valence-corrected chi connectivity index (χ2v) is 5.01. The number of carbonyl (C=O) groups excluding carboxylic acids is 1. The molecule has 1 amide bonds. The molecule has 1 saturated heterocycles. The smallest absolute Gasteiger partial charge is 0.222 e. The van der Waals surface area contributed by atoms with Crippen LogP contribution in [0.4, 0.5) is 5.82 Å². The number of hydrogen-bond acceptors (Lipinski definition) is 8. The second kappa shape index (κ2) is 5.48. The molecule has 10 nitrogen and oxygen atoms in total. The van der Waals surface area contributed by atoms with E-state index in [9.17, 15) is 15.0 Å². The van der Waals surface area contributed by atoms with Crippen LogP contribution in [0.3, 0.4) is 0 Å². The molecule has 3 heterocycles. The zero-order valence-electron chi connectivity index (χ0n) is 11.7. The lowest BCUT2D eigenvalue weighted by atomic mass is 10.1. The van der Waals surface area contributed by atoms with Gasteiger partial charge in [0.2, 0.25) is 5.91 Å². The van der Waals surface area contributed by atoms with E-state index >= 15 is 0 Å². The molecule has 118 valence electrons. The number of carbonyl (C=O) groups is 1. The molecule has 0 aromatic carbocycles. The molecule has 2 aromatic heterocycles. The van der Waals surface area contributed by atoms with Crippen LogP contribution in [0.2, 0.25) is 0 Å². The summed E-state index contributed by atoms with van der Waals surface area (Å²) in [6.07, 6.45) is -1.54. The van der Waals surface area contributed by atoms with E-state index in [0.29, 0.717) is 11.2 Å². The first-order valence-corrected chi connectivity index (χ1v) is 6.68. The van der Waals surface area contributed by atoms with Crippen LogP contribution in [0.25, 0.3) is 11.2 Å². The Hall–Kier alpha value is -2.30. The van der Waals surface area contributed by atoms with Gasteiger partial charge in [-0.25, -0.2) is 15.0 Å². The van der Waals surface area contributed by atoms with Crippen molar-refractivity contribution in [3.05, 3.63) is 12.7 Å². The van der Waals surface area contributed by atoms with Crippen molar-refractivity contribution >= 4 is 22.9 Å².